The largest absolute Gasteiger partial charge is 0.398 e. The van der Waals surface area contributed by atoms with Crippen molar-refractivity contribution in [2.24, 2.45) is 0 Å². The van der Waals surface area contributed by atoms with E-state index < -0.39 is 4.92 Å². The fourth-order valence-electron chi connectivity index (χ4n) is 2.55. The molecule has 1 aromatic rings. The number of nitrogen functional groups attached to an aromatic ring is 1. The molecule has 1 saturated heterocycles. The van der Waals surface area contributed by atoms with E-state index in [-0.39, 0.29) is 28.9 Å². The van der Waals surface area contributed by atoms with Crippen LogP contribution in [0.2, 0.25) is 0 Å². The smallest absolute Gasteiger partial charge is 0.270 e. The molecule has 1 amide bonds. The Balaban J connectivity index is 2.01. The summed E-state index contributed by atoms with van der Waals surface area (Å²) in [5.74, 6) is -0.372. The maximum Gasteiger partial charge on any atom is 0.270 e. The number of nitrogens with two attached hydrogens (primary N) is 1. The van der Waals surface area contributed by atoms with Gasteiger partial charge in [-0.05, 0) is 38.9 Å². The highest BCUT2D eigenvalue weighted by Gasteiger charge is 2.19. The minimum absolute atomic E-state index is 0.0331. The zero-order valence-electron chi connectivity index (χ0n) is 12.0. The van der Waals surface area contributed by atoms with Gasteiger partial charge in [0.2, 0.25) is 0 Å². The third-order valence-corrected chi connectivity index (χ3v) is 3.60. The Kier molecular flexibility index (Phi) is 4.74. The van der Waals surface area contributed by atoms with Crippen LogP contribution in [0.1, 0.15) is 30.1 Å². The number of amides is 1. The van der Waals surface area contributed by atoms with E-state index >= 15 is 0 Å². The molecule has 114 valence electrons. The number of nitrogens with zero attached hydrogens (tertiary/aromatic N) is 2. The molecule has 3 N–H and O–H groups in total. The summed E-state index contributed by atoms with van der Waals surface area (Å²) in [6, 6.07) is 3.86. The molecule has 1 aromatic carbocycles. The SMILES string of the molecule is CC(CN1CCCC1)NC(=O)c1cc([N+](=O)[O-])ccc1N. The van der Waals surface area contributed by atoms with Crippen molar-refractivity contribution in [2.75, 3.05) is 25.4 Å². The molecule has 0 aromatic heterocycles. The average Bonchev–Trinajstić information content (AvgIpc) is 2.91. The standard InChI is InChI=1S/C14H20N4O3/c1-10(9-17-6-2-3-7-17)16-14(19)12-8-11(18(20)21)4-5-13(12)15/h4-5,8,10H,2-3,6-7,9,15H2,1H3,(H,16,19). The second-order valence-electron chi connectivity index (χ2n) is 5.41. The third kappa shape index (κ3) is 3.91. The molecule has 1 aliphatic rings. The first kappa shape index (κ1) is 15.2. The number of non-ortho nitro benzene ring substituents is 1. The van der Waals surface area contributed by atoms with Gasteiger partial charge >= 0.3 is 0 Å². The summed E-state index contributed by atoms with van der Waals surface area (Å²) in [7, 11) is 0. The molecule has 7 nitrogen and oxygen atoms in total. The van der Waals surface area contributed by atoms with Crippen LogP contribution < -0.4 is 11.1 Å². The predicted molar refractivity (Wildman–Crippen MR) is 80.1 cm³/mol. The lowest BCUT2D eigenvalue weighted by atomic mass is 10.1. The van der Waals surface area contributed by atoms with Gasteiger partial charge < -0.3 is 16.0 Å². The van der Waals surface area contributed by atoms with Crippen LogP contribution in [-0.4, -0.2) is 41.4 Å². The van der Waals surface area contributed by atoms with Crippen molar-refractivity contribution < 1.29 is 9.72 Å². The van der Waals surface area contributed by atoms with Gasteiger partial charge in [-0.3, -0.25) is 14.9 Å². The summed E-state index contributed by atoms with van der Waals surface area (Å²) in [6.45, 7) is 4.81. The van der Waals surface area contributed by atoms with Crippen LogP contribution in [0, 0.1) is 10.1 Å². The molecule has 0 spiro atoms. The van der Waals surface area contributed by atoms with Crippen molar-refractivity contribution >= 4 is 17.3 Å². The van der Waals surface area contributed by atoms with Crippen LogP contribution in [-0.2, 0) is 0 Å². The molecule has 2 rings (SSSR count). The Hall–Kier alpha value is -2.15. The first-order chi connectivity index (χ1) is 9.97. The van der Waals surface area contributed by atoms with Crippen molar-refractivity contribution in [2.45, 2.75) is 25.8 Å². The molecule has 7 heteroatoms. The maximum absolute atomic E-state index is 12.2. The van der Waals surface area contributed by atoms with Crippen molar-refractivity contribution in [1.29, 1.82) is 0 Å². The molecular weight excluding hydrogens is 272 g/mol. The minimum Gasteiger partial charge on any atom is -0.398 e. The number of likely N-dealkylation sites (tertiary alicyclic amines) is 1. The first-order valence-electron chi connectivity index (χ1n) is 7.04. The summed E-state index contributed by atoms with van der Waals surface area (Å²) in [6.07, 6.45) is 2.39. The molecule has 1 unspecified atom stereocenters. The highest BCUT2D eigenvalue weighted by atomic mass is 16.6. The summed E-state index contributed by atoms with van der Waals surface area (Å²) in [5, 5.41) is 13.6. The molecule has 1 aliphatic heterocycles. The van der Waals surface area contributed by atoms with Gasteiger partial charge in [-0.1, -0.05) is 0 Å². The first-order valence-corrected chi connectivity index (χ1v) is 7.04. The maximum atomic E-state index is 12.2. The van der Waals surface area contributed by atoms with Crippen LogP contribution >= 0.6 is 0 Å². The van der Waals surface area contributed by atoms with Crippen molar-refractivity contribution in [3.63, 3.8) is 0 Å². The molecule has 1 heterocycles. The molecule has 1 fully saturated rings. The van der Waals surface area contributed by atoms with E-state index in [1.54, 1.807) is 0 Å². The van der Waals surface area contributed by atoms with Gasteiger partial charge in [0, 0.05) is 30.4 Å². The van der Waals surface area contributed by atoms with Crippen molar-refractivity contribution in [3.8, 4) is 0 Å². The number of anilines is 1. The molecule has 0 aliphatic carbocycles. The van der Waals surface area contributed by atoms with E-state index in [0.717, 1.165) is 19.6 Å². The Bertz CT molecular complexity index is 541. The Morgan fingerprint density at radius 1 is 1.48 bits per heavy atom. The number of hydrogen-bond acceptors (Lipinski definition) is 5. The van der Waals surface area contributed by atoms with E-state index in [0.29, 0.717) is 0 Å². The van der Waals surface area contributed by atoms with E-state index in [4.69, 9.17) is 5.73 Å². The van der Waals surface area contributed by atoms with Gasteiger partial charge in [-0.25, -0.2) is 0 Å². The number of nitrogens with one attached hydrogen (secondary N) is 1. The Morgan fingerprint density at radius 2 is 2.14 bits per heavy atom. The molecule has 0 radical (unpaired) electrons. The number of nitro benzene ring substituents is 1. The van der Waals surface area contributed by atoms with Gasteiger partial charge in [-0.2, -0.15) is 0 Å². The zero-order chi connectivity index (χ0) is 15.4. The van der Waals surface area contributed by atoms with Crippen LogP contribution in [0.5, 0.6) is 0 Å². The lowest BCUT2D eigenvalue weighted by Crippen LogP contribution is -2.41. The number of hydrogen-bond donors (Lipinski definition) is 2. The van der Waals surface area contributed by atoms with Crippen LogP contribution in [0.15, 0.2) is 18.2 Å². The average molecular weight is 292 g/mol. The summed E-state index contributed by atoms with van der Waals surface area (Å²) in [5.41, 5.74) is 5.99. The van der Waals surface area contributed by atoms with Gasteiger partial charge in [0.05, 0.1) is 10.5 Å². The van der Waals surface area contributed by atoms with Crippen molar-refractivity contribution in [3.05, 3.63) is 33.9 Å². The molecule has 0 saturated carbocycles. The normalized spacial score (nSPS) is 16.6. The van der Waals surface area contributed by atoms with E-state index in [9.17, 15) is 14.9 Å². The zero-order valence-corrected chi connectivity index (χ0v) is 12.0. The number of rotatable bonds is 5. The van der Waals surface area contributed by atoms with Gasteiger partial charge in [0.15, 0.2) is 0 Å². The van der Waals surface area contributed by atoms with Crippen LogP contribution in [0.25, 0.3) is 0 Å². The molecule has 21 heavy (non-hydrogen) atoms. The monoisotopic (exact) mass is 292 g/mol. The van der Waals surface area contributed by atoms with E-state index in [1.807, 2.05) is 6.92 Å². The fourth-order valence-corrected chi connectivity index (χ4v) is 2.55. The Labute approximate surface area is 123 Å². The topological polar surface area (TPSA) is 102 Å². The highest BCUT2D eigenvalue weighted by molar-refractivity contribution is 5.99. The highest BCUT2D eigenvalue weighted by Crippen LogP contribution is 2.19. The second kappa shape index (κ2) is 6.53. The lowest BCUT2D eigenvalue weighted by Gasteiger charge is -2.21. The van der Waals surface area contributed by atoms with E-state index in [1.165, 1.54) is 31.0 Å². The molecule has 1 atom stereocenters. The third-order valence-electron chi connectivity index (χ3n) is 3.60. The van der Waals surface area contributed by atoms with Crippen LogP contribution in [0.3, 0.4) is 0 Å². The van der Waals surface area contributed by atoms with E-state index in [2.05, 4.69) is 10.2 Å². The predicted octanol–water partition coefficient (Wildman–Crippen LogP) is 1.39. The summed E-state index contributed by atoms with van der Waals surface area (Å²) >= 11 is 0. The Morgan fingerprint density at radius 3 is 2.76 bits per heavy atom. The number of benzene rings is 1. The summed E-state index contributed by atoms with van der Waals surface area (Å²) in [4.78, 5) is 24.7. The molecular formula is C14H20N4O3. The minimum atomic E-state index is -0.538. The van der Waals surface area contributed by atoms with Crippen LogP contribution in [0.4, 0.5) is 11.4 Å². The summed E-state index contributed by atoms with van der Waals surface area (Å²) < 4.78 is 0. The number of carbonyl (C=O) groups excluding carboxylic acids is 1. The second-order valence-corrected chi connectivity index (χ2v) is 5.41. The fraction of sp³-hybridized carbons (Fsp3) is 0.500. The number of carbonyl (C=O) groups is 1. The van der Waals surface area contributed by atoms with Crippen molar-refractivity contribution in [1.82, 2.24) is 10.2 Å². The van der Waals surface area contributed by atoms with Gasteiger partial charge in [0.25, 0.3) is 11.6 Å². The number of nitro groups is 1. The quantitative estimate of drug-likeness (QED) is 0.485. The van der Waals surface area contributed by atoms with Gasteiger partial charge in [0.1, 0.15) is 0 Å². The lowest BCUT2D eigenvalue weighted by molar-refractivity contribution is -0.384. The van der Waals surface area contributed by atoms with Gasteiger partial charge in [-0.15, -0.1) is 0 Å². The molecule has 0 bridgehead atoms.